The zero-order chi connectivity index (χ0) is 12.3. The summed E-state index contributed by atoms with van der Waals surface area (Å²) >= 11 is 0. The molecule has 0 radical (unpaired) electrons. The van der Waals surface area contributed by atoms with E-state index < -0.39 is 0 Å². The van der Waals surface area contributed by atoms with Crippen molar-refractivity contribution in [1.29, 1.82) is 0 Å². The molecule has 7 heteroatoms. The molecule has 94 valence electrons. The second-order valence-electron chi connectivity index (χ2n) is 4.09. The Morgan fingerprint density at radius 1 is 1.53 bits per heavy atom. The summed E-state index contributed by atoms with van der Waals surface area (Å²) in [6.45, 7) is 2.66. The predicted molar refractivity (Wildman–Crippen MR) is 61.4 cm³/mol. The largest absolute Gasteiger partial charge is 0.406 e. The average Bonchev–Trinajstić information content (AvgIpc) is 2.80. The third-order valence-corrected chi connectivity index (χ3v) is 2.83. The maximum Gasteiger partial charge on any atom is 0.316 e. The van der Waals surface area contributed by atoms with Crippen molar-refractivity contribution >= 4 is 11.9 Å². The van der Waals surface area contributed by atoms with Gasteiger partial charge in [-0.25, -0.2) is 0 Å². The smallest absolute Gasteiger partial charge is 0.316 e. The topological polar surface area (TPSA) is 92.1 Å². The van der Waals surface area contributed by atoms with Crippen molar-refractivity contribution in [2.24, 2.45) is 0 Å². The van der Waals surface area contributed by atoms with Crippen LogP contribution in [0.5, 0.6) is 0 Å². The Kier molecular flexibility index (Phi) is 3.58. The quantitative estimate of drug-likeness (QED) is 0.687. The molecule has 2 rings (SSSR count). The van der Waals surface area contributed by atoms with Gasteiger partial charge in [-0.1, -0.05) is 5.10 Å². The zero-order valence-electron chi connectivity index (χ0n) is 9.99. The van der Waals surface area contributed by atoms with Crippen molar-refractivity contribution in [3.05, 3.63) is 5.89 Å². The minimum absolute atomic E-state index is 0.00164. The van der Waals surface area contributed by atoms with Crippen molar-refractivity contribution in [1.82, 2.24) is 20.8 Å². The summed E-state index contributed by atoms with van der Waals surface area (Å²) in [6, 6.07) is 0.0179. The highest BCUT2D eigenvalue weighted by Gasteiger charge is 2.23. The first-order valence-corrected chi connectivity index (χ1v) is 5.75. The standard InChI is InChI=1S/C10H17N5O2/c1-6(11-2)9-14-15-10(17-9)13-7-4-3-5-12-8(7)16/h6-7,11H,3-5H2,1-2H3,(H,12,16)(H,13,15). The third-order valence-electron chi connectivity index (χ3n) is 2.83. The van der Waals surface area contributed by atoms with Crippen molar-refractivity contribution in [2.45, 2.75) is 31.8 Å². The summed E-state index contributed by atoms with van der Waals surface area (Å²) in [5.41, 5.74) is 0. The average molecular weight is 239 g/mol. The molecular formula is C10H17N5O2. The third kappa shape index (κ3) is 2.73. The van der Waals surface area contributed by atoms with E-state index in [1.54, 1.807) is 0 Å². The fourth-order valence-electron chi connectivity index (χ4n) is 1.65. The van der Waals surface area contributed by atoms with Gasteiger partial charge in [-0.3, -0.25) is 4.79 Å². The minimum Gasteiger partial charge on any atom is -0.406 e. The number of amides is 1. The number of carbonyl (C=O) groups excluding carboxylic acids is 1. The first kappa shape index (κ1) is 11.8. The molecule has 0 aromatic carbocycles. The molecule has 2 unspecified atom stereocenters. The fourth-order valence-corrected chi connectivity index (χ4v) is 1.65. The molecule has 0 spiro atoms. The highest BCUT2D eigenvalue weighted by Crippen LogP contribution is 2.15. The number of aromatic nitrogens is 2. The van der Waals surface area contributed by atoms with Gasteiger partial charge in [0.15, 0.2) is 0 Å². The van der Waals surface area contributed by atoms with Gasteiger partial charge in [-0.15, -0.1) is 5.10 Å². The van der Waals surface area contributed by atoms with Gasteiger partial charge < -0.3 is 20.4 Å². The Morgan fingerprint density at radius 2 is 2.35 bits per heavy atom. The summed E-state index contributed by atoms with van der Waals surface area (Å²) in [5.74, 6) is 0.490. The van der Waals surface area contributed by atoms with Crippen LogP contribution in [0.15, 0.2) is 4.42 Å². The van der Waals surface area contributed by atoms with Crippen LogP contribution in [0, 0.1) is 0 Å². The van der Waals surface area contributed by atoms with Crippen molar-refractivity contribution in [3.63, 3.8) is 0 Å². The van der Waals surface area contributed by atoms with Gasteiger partial charge in [0.1, 0.15) is 6.04 Å². The molecule has 7 nitrogen and oxygen atoms in total. The van der Waals surface area contributed by atoms with Crippen LogP contribution in [0.4, 0.5) is 6.01 Å². The maximum absolute atomic E-state index is 11.5. The predicted octanol–water partition coefficient (Wildman–Crippen LogP) is 0.0405. The zero-order valence-corrected chi connectivity index (χ0v) is 9.99. The maximum atomic E-state index is 11.5. The lowest BCUT2D eigenvalue weighted by Crippen LogP contribution is -2.44. The van der Waals surface area contributed by atoms with E-state index in [4.69, 9.17) is 4.42 Å². The molecule has 1 fully saturated rings. The highest BCUT2D eigenvalue weighted by molar-refractivity contribution is 5.84. The van der Waals surface area contributed by atoms with Crippen LogP contribution < -0.4 is 16.0 Å². The monoisotopic (exact) mass is 239 g/mol. The number of nitrogens with zero attached hydrogens (tertiary/aromatic N) is 2. The van der Waals surface area contributed by atoms with E-state index >= 15 is 0 Å². The number of hydrogen-bond donors (Lipinski definition) is 3. The van der Waals surface area contributed by atoms with Crippen LogP contribution in [-0.4, -0.2) is 35.7 Å². The van der Waals surface area contributed by atoms with Crippen LogP contribution in [0.3, 0.4) is 0 Å². The lowest BCUT2D eigenvalue weighted by Gasteiger charge is -2.21. The summed E-state index contributed by atoms with van der Waals surface area (Å²) in [6.07, 6.45) is 1.74. The van der Waals surface area contributed by atoms with Crippen LogP contribution in [-0.2, 0) is 4.79 Å². The second-order valence-corrected chi connectivity index (χ2v) is 4.09. The number of hydrogen-bond acceptors (Lipinski definition) is 6. The number of anilines is 1. The fraction of sp³-hybridized carbons (Fsp3) is 0.700. The van der Waals surface area contributed by atoms with Crippen molar-refractivity contribution in [3.8, 4) is 0 Å². The number of nitrogens with one attached hydrogen (secondary N) is 3. The van der Waals surface area contributed by atoms with Crippen molar-refractivity contribution < 1.29 is 9.21 Å². The molecule has 1 amide bonds. The number of rotatable bonds is 4. The van der Waals surface area contributed by atoms with E-state index in [1.165, 1.54) is 0 Å². The Balaban J connectivity index is 1.98. The molecule has 1 aliphatic rings. The minimum atomic E-state index is -0.276. The summed E-state index contributed by atoms with van der Waals surface area (Å²) in [5, 5.41) is 16.5. The van der Waals surface area contributed by atoms with Gasteiger partial charge >= 0.3 is 6.01 Å². The summed E-state index contributed by atoms with van der Waals surface area (Å²) < 4.78 is 5.41. The molecular weight excluding hydrogens is 222 g/mol. The normalized spacial score (nSPS) is 22.0. The Bertz CT molecular complexity index is 392. The van der Waals surface area contributed by atoms with Crippen molar-refractivity contribution in [2.75, 3.05) is 18.9 Å². The van der Waals surface area contributed by atoms with Crippen LogP contribution >= 0.6 is 0 Å². The van der Waals surface area contributed by atoms with E-state index in [0.29, 0.717) is 11.9 Å². The molecule has 3 N–H and O–H groups in total. The van der Waals surface area contributed by atoms with E-state index in [2.05, 4.69) is 26.1 Å². The van der Waals surface area contributed by atoms with Crippen LogP contribution in [0.25, 0.3) is 0 Å². The van der Waals surface area contributed by atoms with E-state index in [0.717, 1.165) is 19.4 Å². The second kappa shape index (κ2) is 5.13. The lowest BCUT2D eigenvalue weighted by molar-refractivity contribution is -0.123. The van der Waals surface area contributed by atoms with E-state index in [9.17, 15) is 4.79 Å². The summed E-state index contributed by atoms with van der Waals surface area (Å²) in [7, 11) is 1.82. The van der Waals surface area contributed by atoms with Crippen LogP contribution in [0.2, 0.25) is 0 Å². The number of carbonyl (C=O) groups is 1. The molecule has 2 heterocycles. The molecule has 0 bridgehead atoms. The SMILES string of the molecule is CNC(C)c1nnc(NC2CCCNC2=O)o1. The first-order chi connectivity index (χ1) is 8.20. The summed E-state index contributed by atoms with van der Waals surface area (Å²) in [4.78, 5) is 11.5. The lowest BCUT2D eigenvalue weighted by atomic mass is 10.1. The molecule has 17 heavy (non-hydrogen) atoms. The van der Waals surface area contributed by atoms with Crippen LogP contribution in [0.1, 0.15) is 31.7 Å². The Labute approximate surface area is 99.4 Å². The van der Waals surface area contributed by atoms with Gasteiger partial charge in [0, 0.05) is 6.54 Å². The van der Waals surface area contributed by atoms with Gasteiger partial charge in [0.25, 0.3) is 0 Å². The molecule has 1 aromatic heterocycles. The molecule has 2 atom stereocenters. The molecule has 1 aliphatic heterocycles. The molecule has 0 aliphatic carbocycles. The van der Waals surface area contributed by atoms with Gasteiger partial charge in [0.2, 0.25) is 11.8 Å². The Morgan fingerprint density at radius 3 is 3.06 bits per heavy atom. The molecule has 0 saturated carbocycles. The molecule has 1 saturated heterocycles. The first-order valence-electron chi connectivity index (χ1n) is 5.75. The molecule has 1 aromatic rings. The highest BCUT2D eigenvalue weighted by atomic mass is 16.4. The van der Waals surface area contributed by atoms with E-state index in [1.807, 2.05) is 14.0 Å². The van der Waals surface area contributed by atoms with Gasteiger partial charge in [-0.05, 0) is 26.8 Å². The van der Waals surface area contributed by atoms with Gasteiger partial charge in [-0.2, -0.15) is 0 Å². The van der Waals surface area contributed by atoms with Gasteiger partial charge in [0.05, 0.1) is 6.04 Å². The van der Waals surface area contributed by atoms with E-state index in [-0.39, 0.29) is 18.0 Å². The Hall–Kier alpha value is -1.63. The number of piperidine rings is 1.